The lowest BCUT2D eigenvalue weighted by Gasteiger charge is -2.45. The molecule has 228 valence electrons. The summed E-state index contributed by atoms with van der Waals surface area (Å²) in [5.74, 6) is 3.34. The summed E-state index contributed by atoms with van der Waals surface area (Å²) in [6.07, 6.45) is 8.09. The molecule has 1 aliphatic rings. The normalized spacial score (nSPS) is 13.8. The van der Waals surface area contributed by atoms with Gasteiger partial charge in [-0.05, 0) is 63.8 Å². The van der Waals surface area contributed by atoms with Crippen molar-refractivity contribution in [3.05, 3.63) is 71.6 Å². The molecule has 3 rings (SSSR count). The number of halogens is 3. The summed E-state index contributed by atoms with van der Waals surface area (Å²) in [5.41, 5.74) is 9.66. The zero-order valence-corrected chi connectivity index (χ0v) is 27.5. The Kier molecular flexibility index (Phi) is 17.3. The van der Waals surface area contributed by atoms with Crippen molar-refractivity contribution < 1.29 is 13.2 Å². The highest BCUT2D eigenvalue weighted by atomic mass is 31.0. The maximum Gasteiger partial charge on any atom is 0.259 e. The number of aromatic nitrogens is 2. The number of rotatable bonds is 7. The average Bonchev–Trinajstić information content (AvgIpc) is 3.33. The minimum absolute atomic E-state index is 0.115. The monoisotopic (exact) mass is 590 g/mol. The Hall–Kier alpha value is -2.81. The maximum absolute atomic E-state index is 13.7. The summed E-state index contributed by atoms with van der Waals surface area (Å²) in [4.78, 5) is 7.29. The molecule has 1 aromatic carbocycles. The van der Waals surface area contributed by atoms with Gasteiger partial charge in [0, 0.05) is 41.9 Å². The number of allylic oxidation sites excluding steroid dienone is 4. The molecule has 0 radical (unpaired) electrons. The maximum atomic E-state index is 13.7. The number of nitrogens with two attached hydrogens (primary N) is 1. The van der Waals surface area contributed by atoms with E-state index in [1.807, 2.05) is 39.0 Å². The SMILES string of the molecule is C#CC.C=C(CN)N1CCn2c(nc(-c3ccc(F)c(P)c3)c2C(C)C)C1(C)C.CC.CC/C=C\C=C(/C)C(F)F. The van der Waals surface area contributed by atoms with Crippen molar-refractivity contribution in [2.75, 3.05) is 13.1 Å². The molecule has 1 aromatic heterocycles. The molecule has 0 fully saturated rings. The van der Waals surface area contributed by atoms with Gasteiger partial charge in [0.15, 0.2) is 0 Å². The number of terminal acetylenes is 1. The van der Waals surface area contributed by atoms with Gasteiger partial charge in [0.05, 0.1) is 11.2 Å². The first-order valence-corrected chi connectivity index (χ1v) is 14.7. The minimum atomic E-state index is -2.32. The van der Waals surface area contributed by atoms with E-state index in [0.29, 0.717) is 17.8 Å². The fourth-order valence-electron chi connectivity index (χ4n) is 4.34. The summed E-state index contributed by atoms with van der Waals surface area (Å²) in [6.45, 7) is 24.0. The highest BCUT2D eigenvalue weighted by Crippen LogP contribution is 2.39. The molecule has 1 aliphatic heterocycles. The van der Waals surface area contributed by atoms with Crippen molar-refractivity contribution >= 4 is 14.5 Å². The van der Waals surface area contributed by atoms with Crippen molar-refractivity contribution in [3.63, 3.8) is 0 Å². The standard InChI is InChI=1S/C20H28FN4P.C8H12F2.C3H4.C2H6/c1-12(2)18-17(14-6-7-15(21)16(26)10-14)23-19-20(4,5)25(13(3)11-22)9-8-24(18)19;1-3-4-5-6-7(2)8(9)10;1-3-2;1-2/h6-7,10,12H,3,8-9,11,22,26H2,1-2,4-5H3;4-6,8H,3H2,1-2H3;1H,2H3;1-2H3/b;5-4-,7-6+;;. The molecule has 8 heteroatoms. The lowest BCUT2D eigenvalue weighted by atomic mass is 9.97. The molecule has 0 saturated carbocycles. The van der Waals surface area contributed by atoms with Gasteiger partial charge < -0.3 is 15.2 Å². The Morgan fingerprint density at radius 3 is 2.32 bits per heavy atom. The van der Waals surface area contributed by atoms with Crippen molar-refractivity contribution in [2.24, 2.45) is 5.73 Å². The lowest BCUT2D eigenvalue weighted by Crippen LogP contribution is -2.49. The molecule has 0 bridgehead atoms. The van der Waals surface area contributed by atoms with Gasteiger partial charge in [-0.15, -0.1) is 21.6 Å². The Morgan fingerprint density at radius 1 is 1.27 bits per heavy atom. The van der Waals surface area contributed by atoms with Crippen LogP contribution in [0.2, 0.25) is 0 Å². The third-order valence-electron chi connectivity index (χ3n) is 6.28. The zero-order chi connectivity index (χ0) is 31.9. The van der Waals surface area contributed by atoms with Crippen molar-refractivity contribution in [3.8, 4) is 23.6 Å². The fourth-order valence-corrected chi connectivity index (χ4v) is 4.62. The second kappa shape index (κ2) is 18.6. The largest absolute Gasteiger partial charge is 0.360 e. The van der Waals surface area contributed by atoms with Crippen LogP contribution in [0.4, 0.5) is 13.2 Å². The first-order chi connectivity index (χ1) is 19.3. The summed E-state index contributed by atoms with van der Waals surface area (Å²) < 4.78 is 39.6. The van der Waals surface area contributed by atoms with Gasteiger partial charge in [-0.2, -0.15) is 0 Å². The number of imidazole rings is 1. The lowest BCUT2D eigenvalue weighted by molar-refractivity contribution is 0.116. The Morgan fingerprint density at radius 2 is 1.85 bits per heavy atom. The number of hydrogen-bond acceptors (Lipinski definition) is 3. The van der Waals surface area contributed by atoms with E-state index in [1.54, 1.807) is 13.0 Å². The molecule has 41 heavy (non-hydrogen) atoms. The number of alkyl halides is 2. The topological polar surface area (TPSA) is 47.1 Å². The van der Waals surface area contributed by atoms with E-state index in [9.17, 15) is 13.2 Å². The van der Waals surface area contributed by atoms with Crippen LogP contribution in [0.25, 0.3) is 11.3 Å². The van der Waals surface area contributed by atoms with Crippen LogP contribution in [0.5, 0.6) is 0 Å². The molecule has 0 spiro atoms. The second-order valence-corrected chi connectivity index (χ2v) is 10.7. The third-order valence-corrected chi connectivity index (χ3v) is 6.73. The molecule has 2 N–H and O–H groups in total. The van der Waals surface area contributed by atoms with Crippen LogP contribution in [0.1, 0.15) is 86.2 Å². The number of nitrogens with zero attached hydrogens (tertiary/aromatic N) is 3. The van der Waals surface area contributed by atoms with E-state index in [4.69, 9.17) is 10.7 Å². The Labute approximate surface area is 249 Å². The van der Waals surface area contributed by atoms with Crippen LogP contribution in [-0.4, -0.2) is 34.0 Å². The average molecular weight is 591 g/mol. The smallest absolute Gasteiger partial charge is 0.259 e. The first kappa shape index (κ1) is 38.2. The van der Waals surface area contributed by atoms with Crippen LogP contribution in [0, 0.1) is 18.2 Å². The van der Waals surface area contributed by atoms with Gasteiger partial charge in [0.2, 0.25) is 0 Å². The van der Waals surface area contributed by atoms with Gasteiger partial charge >= 0.3 is 0 Å². The molecule has 2 heterocycles. The molecule has 4 nitrogen and oxygen atoms in total. The van der Waals surface area contributed by atoms with Gasteiger partial charge in [-0.3, -0.25) is 0 Å². The van der Waals surface area contributed by atoms with Crippen LogP contribution < -0.4 is 11.0 Å². The summed E-state index contributed by atoms with van der Waals surface area (Å²) in [7, 11) is 2.46. The molecular formula is C33H50F3N4P. The number of hydrogen-bond donors (Lipinski definition) is 1. The molecule has 1 unspecified atom stereocenters. The molecule has 0 saturated heterocycles. The van der Waals surface area contributed by atoms with E-state index >= 15 is 0 Å². The van der Waals surface area contributed by atoms with Crippen LogP contribution in [0.3, 0.4) is 0 Å². The highest BCUT2D eigenvalue weighted by molar-refractivity contribution is 7.27. The minimum Gasteiger partial charge on any atom is -0.360 e. The van der Waals surface area contributed by atoms with Crippen LogP contribution in [0.15, 0.2) is 54.3 Å². The van der Waals surface area contributed by atoms with Crippen molar-refractivity contribution in [2.45, 2.75) is 93.2 Å². The van der Waals surface area contributed by atoms with E-state index < -0.39 is 6.43 Å². The molecule has 0 amide bonds. The van der Waals surface area contributed by atoms with Crippen LogP contribution in [-0.2, 0) is 12.1 Å². The van der Waals surface area contributed by atoms with E-state index in [-0.39, 0.29) is 16.9 Å². The van der Waals surface area contributed by atoms with Gasteiger partial charge in [-0.25, -0.2) is 18.2 Å². The quantitative estimate of drug-likeness (QED) is 0.201. The Balaban J connectivity index is 0.000000894. The second-order valence-electron chi connectivity index (χ2n) is 10.0. The third kappa shape index (κ3) is 10.5. The molecule has 1 atom stereocenters. The van der Waals surface area contributed by atoms with Gasteiger partial charge in [-0.1, -0.05) is 59.4 Å². The van der Waals surface area contributed by atoms with Crippen LogP contribution >= 0.6 is 9.24 Å². The number of fused-ring (bicyclic) bond motifs is 1. The van der Waals surface area contributed by atoms with E-state index in [0.717, 1.165) is 42.3 Å². The summed E-state index contributed by atoms with van der Waals surface area (Å²) in [5, 5.41) is 0.556. The van der Waals surface area contributed by atoms with Crippen molar-refractivity contribution in [1.29, 1.82) is 0 Å². The Bertz CT molecular complexity index is 1200. The van der Waals surface area contributed by atoms with Gasteiger partial charge in [0.25, 0.3) is 6.43 Å². The summed E-state index contributed by atoms with van der Waals surface area (Å²) in [6, 6.07) is 5.17. The van der Waals surface area contributed by atoms with Crippen molar-refractivity contribution in [1.82, 2.24) is 14.5 Å². The first-order valence-electron chi connectivity index (χ1n) is 14.1. The summed E-state index contributed by atoms with van der Waals surface area (Å²) >= 11 is 0. The molecule has 0 aliphatic carbocycles. The fraction of sp³-hybridized carbons (Fsp3) is 0.485. The highest BCUT2D eigenvalue weighted by Gasteiger charge is 2.39. The number of benzene rings is 1. The molecular weight excluding hydrogens is 540 g/mol. The van der Waals surface area contributed by atoms with E-state index in [2.05, 4.69) is 65.3 Å². The van der Waals surface area contributed by atoms with E-state index in [1.165, 1.54) is 24.8 Å². The molecule has 2 aromatic rings. The zero-order valence-electron chi connectivity index (χ0n) is 26.4. The predicted molar refractivity (Wildman–Crippen MR) is 174 cm³/mol. The van der Waals surface area contributed by atoms with Gasteiger partial charge in [0.1, 0.15) is 11.6 Å². The predicted octanol–water partition coefficient (Wildman–Crippen LogP) is 8.17.